The highest BCUT2D eigenvalue weighted by Crippen LogP contribution is 2.12. The molecule has 0 saturated heterocycles. The number of nitrogens with one attached hydrogen (secondary N) is 1. The maximum absolute atomic E-state index is 12.8. The molecule has 0 bridgehead atoms. The van der Waals surface area contributed by atoms with E-state index < -0.39 is 11.5 Å². The van der Waals surface area contributed by atoms with Gasteiger partial charge in [-0.25, -0.2) is 0 Å². The lowest BCUT2D eigenvalue weighted by atomic mass is 10.1. The number of aromatic nitrogens is 1. The van der Waals surface area contributed by atoms with Gasteiger partial charge in [-0.1, -0.05) is 12.1 Å². The van der Waals surface area contributed by atoms with E-state index in [1.54, 1.807) is 48.6 Å². The normalized spacial score (nSPS) is 10.2. The molecule has 5 nitrogen and oxygen atoms in total. The van der Waals surface area contributed by atoms with Crippen molar-refractivity contribution >= 4 is 17.2 Å². The summed E-state index contributed by atoms with van der Waals surface area (Å²) < 4.78 is 1.45. The molecule has 0 radical (unpaired) electrons. The Kier molecular flexibility index (Phi) is 4.78. The first-order valence-electron chi connectivity index (χ1n) is 7.64. The molecule has 1 amide bonds. The fraction of sp³-hybridized carbons (Fsp3) is 0.105. The second-order valence-corrected chi connectivity index (χ2v) is 6.49. The molecule has 0 saturated carbocycles. The molecular formula is C19H15N3O2S. The highest BCUT2D eigenvalue weighted by molar-refractivity contribution is 7.09. The van der Waals surface area contributed by atoms with Gasteiger partial charge in [-0.2, -0.15) is 5.26 Å². The van der Waals surface area contributed by atoms with Gasteiger partial charge >= 0.3 is 0 Å². The molecular weight excluding hydrogens is 334 g/mol. The summed E-state index contributed by atoms with van der Waals surface area (Å²) in [5, 5.41) is 13.8. The first-order valence-corrected chi connectivity index (χ1v) is 8.52. The van der Waals surface area contributed by atoms with E-state index >= 15 is 0 Å². The van der Waals surface area contributed by atoms with Gasteiger partial charge in [0.05, 0.1) is 23.9 Å². The number of nitrogens with zero attached hydrogens (tertiary/aromatic N) is 2. The number of carbonyl (C=O) groups excluding carboxylic acids is 1. The average molecular weight is 349 g/mol. The summed E-state index contributed by atoms with van der Waals surface area (Å²) in [6, 6.07) is 15.9. The summed E-state index contributed by atoms with van der Waals surface area (Å²) in [7, 11) is 0. The topological polar surface area (TPSA) is 74.9 Å². The van der Waals surface area contributed by atoms with Crippen LogP contribution in [0.2, 0.25) is 0 Å². The molecule has 0 atom stereocenters. The molecule has 25 heavy (non-hydrogen) atoms. The van der Waals surface area contributed by atoms with E-state index in [-0.39, 0.29) is 5.56 Å². The number of aryl methyl sites for hydroxylation is 1. The lowest BCUT2D eigenvalue weighted by Crippen LogP contribution is -2.32. The summed E-state index contributed by atoms with van der Waals surface area (Å²) in [6.07, 6.45) is 0. The van der Waals surface area contributed by atoms with Gasteiger partial charge < -0.3 is 5.32 Å². The van der Waals surface area contributed by atoms with Crippen LogP contribution in [-0.2, 0) is 6.54 Å². The van der Waals surface area contributed by atoms with Crippen LogP contribution >= 0.6 is 11.3 Å². The molecule has 1 aromatic carbocycles. The van der Waals surface area contributed by atoms with Crippen LogP contribution in [0.15, 0.2) is 58.7 Å². The Hall–Kier alpha value is -3.17. The van der Waals surface area contributed by atoms with Crippen molar-refractivity contribution < 1.29 is 4.79 Å². The summed E-state index contributed by atoms with van der Waals surface area (Å²) in [6.45, 7) is 2.17. The third kappa shape index (κ3) is 3.52. The number of carbonyl (C=O) groups is 1. The van der Waals surface area contributed by atoms with Gasteiger partial charge in [0.25, 0.3) is 11.5 Å². The van der Waals surface area contributed by atoms with E-state index in [9.17, 15) is 9.59 Å². The van der Waals surface area contributed by atoms with Gasteiger partial charge in [-0.05, 0) is 48.7 Å². The van der Waals surface area contributed by atoms with E-state index in [4.69, 9.17) is 5.26 Å². The maximum Gasteiger partial charge on any atom is 0.268 e. The molecule has 0 aliphatic heterocycles. The fourth-order valence-electron chi connectivity index (χ4n) is 2.51. The molecule has 3 aromatic rings. The maximum atomic E-state index is 12.8. The Morgan fingerprint density at radius 1 is 1.24 bits per heavy atom. The van der Waals surface area contributed by atoms with Crippen molar-refractivity contribution in [2.45, 2.75) is 13.5 Å². The number of hydrogen-bond donors (Lipinski definition) is 1. The van der Waals surface area contributed by atoms with Gasteiger partial charge in [0.2, 0.25) is 0 Å². The lowest BCUT2D eigenvalue weighted by molar-refractivity contribution is 0.0949. The smallest absolute Gasteiger partial charge is 0.268 e. The predicted molar refractivity (Wildman–Crippen MR) is 97.0 cm³/mol. The third-order valence-corrected chi connectivity index (χ3v) is 4.64. The van der Waals surface area contributed by atoms with Gasteiger partial charge in [0.1, 0.15) is 5.56 Å². The Morgan fingerprint density at radius 2 is 2.08 bits per heavy atom. The molecule has 0 unspecified atom stereocenters. The molecule has 2 aromatic heterocycles. The van der Waals surface area contributed by atoms with E-state index in [0.717, 1.165) is 4.88 Å². The standard InChI is InChI=1S/C19H15N3O2S/c1-13-7-8-17(18(23)21-12-16-6-3-9-25-16)19(24)22(13)15-5-2-4-14(10-15)11-20/h2-10H,12H2,1H3,(H,21,23). The van der Waals surface area contributed by atoms with Crippen LogP contribution in [0.5, 0.6) is 0 Å². The minimum absolute atomic E-state index is 0.0736. The molecule has 6 heteroatoms. The van der Waals surface area contributed by atoms with Crippen molar-refractivity contribution in [2.75, 3.05) is 0 Å². The fourth-order valence-corrected chi connectivity index (χ4v) is 3.16. The highest BCUT2D eigenvalue weighted by Gasteiger charge is 2.15. The largest absolute Gasteiger partial charge is 0.347 e. The van der Waals surface area contributed by atoms with Gasteiger partial charge in [0, 0.05) is 10.6 Å². The van der Waals surface area contributed by atoms with Gasteiger partial charge in [0.15, 0.2) is 0 Å². The summed E-state index contributed by atoms with van der Waals surface area (Å²) in [4.78, 5) is 26.2. The Labute approximate surface area is 148 Å². The third-order valence-electron chi connectivity index (χ3n) is 3.76. The monoisotopic (exact) mass is 349 g/mol. The van der Waals surface area contributed by atoms with E-state index in [1.165, 1.54) is 10.6 Å². The van der Waals surface area contributed by atoms with Crippen LogP contribution < -0.4 is 10.9 Å². The zero-order chi connectivity index (χ0) is 17.8. The SMILES string of the molecule is Cc1ccc(C(=O)NCc2cccs2)c(=O)n1-c1cccc(C#N)c1. The molecule has 0 aliphatic rings. The predicted octanol–water partition coefficient (Wildman–Crippen LogP) is 3.01. The van der Waals surface area contributed by atoms with Crippen molar-refractivity contribution in [3.8, 4) is 11.8 Å². The molecule has 2 heterocycles. The van der Waals surface area contributed by atoms with Crippen molar-refractivity contribution in [3.05, 3.63) is 86.0 Å². The first-order chi connectivity index (χ1) is 12.1. The van der Waals surface area contributed by atoms with Crippen molar-refractivity contribution in [3.63, 3.8) is 0 Å². The molecule has 0 fully saturated rings. The second-order valence-electron chi connectivity index (χ2n) is 5.45. The summed E-state index contributed by atoms with van der Waals surface area (Å²) in [5.74, 6) is -0.413. The highest BCUT2D eigenvalue weighted by atomic mass is 32.1. The van der Waals surface area contributed by atoms with Gasteiger partial charge in [-0.15, -0.1) is 11.3 Å². The molecule has 0 spiro atoms. The summed E-state index contributed by atoms with van der Waals surface area (Å²) >= 11 is 1.54. The van der Waals surface area contributed by atoms with Crippen LogP contribution in [0.3, 0.4) is 0 Å². The van der Waals surface area contributed by atoms with E-state index in [1.807, 2.05) is 17.5 Å². The van der Waals surface area contributed by atoms with Crippen molar-refractivity contribution in [1.29, 1.82) is 5.26 Å². The zero-order valence-electron chi connectivity index (χ0n) is 13.5. The Balaban J connectivity index is 1.95. The van der Waals surface area contributed by atoms with E-state index in [2.05, 4.69) is 11.4 Å². The second kappa shape index (κ2) is 7.16. The lowest BCUT2D eigenvalue weighted by Gasteiger charge is -2.12. The molecule has 0 aliphatic carbocycles. The van der Waals surface area contributed by atoms with Crippen molar-refractivity contribution in [2.24, 2.45) is 0 Å². The van der Waals surface area contributed by atoms with Crippen molar-refractivity contribution in [1.82, 2.24) is 9.88 Å². The van der Waals surface area contributed by atoms with Crippen LogP contribution in [0, 0.1) is 18.3 Å². The van der Waals surface area contributed by atoms with Crippen LogP contribution in [0.1, 0.15) is 26.5 Å². The number of rotatable bonds is 4. The van der Waals surface area contributed by atoms with Crippen LogP contribution in [0.25, 0.3) is 5.69 Å². The number of benzene rings is 1. The minimum Gasteiger partial charge on any atom is -0.347 e. The Morgan fingerprint density at radius 3 is 2.80 bits per heavy atom. The molecule has 1 N–H and O–H groups in total. The first kappa shape index (κ1) is 16.7. The number of pyridine rings is 1. The number of hydrogen-bond acceptors (Lipinski definition) is 4. The number of amides is 1. The molecule has 124 valence electrons. The van der Waals surface area contributed by atoms with Crippen LogP contribution in [-0.4, -0.2) is 10.5 Å². The average Bonchev–Trinajstić information content (AvgIpc) is 3.13. The molecule has 3 rings (SSSR count). The quantitative estimate of drug-likeness (QED) is 0.787. The number of nitriles is 1. The van der Waals surface area contributed by atoms with Gasteiger partial charge in [-0.3, -0.25) is 14.2 Å². The summed E-state index contributed by atoms with van der Waals surface area (Å²) in [5.41, 5.74) is 1.38. The zero-order valence-corrected chi connectivity index (χ0v) is 14.3. The number of thiophene rings is 1. The minimum atomic E-state index is -0.413. The van der Waals surface area contributed by atoms with Crippen LogP contribution in [0.4, 0.5) is 0 Å². The Bertz CT molecular complexity index is 1010. The van der Waals surface area contributed by atoms with E-state index in [0.29, 0.717) is 23.5 Å².